The summed E-state index contributed by atoms with van der Waals surface area (Å²) in [6, 6.07) is 5.69. The number of carbonyl (C=O) groups excluding carboxylic acids is 2. The Bertz CT molecular complexity index is 732. The van der Waals surface area contributed by atoms with E-state index in [1.807, 2.05) is 35.7 Å². The first-order valence-corrected chi connectivity index (χ1v) is 7.76. The van der Waals surface area contributed by atoms with Crippen molar-refractivity contribution < 1.29 is 14.3 Å². The third-order valence-corrected chi connectivity index (χ3v) is 4.06. The molecule has 3 rings (SSSR count). The van der Waals surface area contributed by atoms with Crippen molar-refractivity contribution >= 4 is 17.6 Å². The molecule has 0 unspecified atom stereocenters. The molecule has 0 radical (unpaired) electrons. The lowest BCUT2D eigenvalue weighted by Crippen LogP contribution is -2.50. The van der Waals surface area contributed by atoms with Crippen molar-refractivity contribution in [3.63, 3.8) is 0 Å². The predicted molar refractivity (Wildman–Crippen MR) is 84.4 cm³/mol. The summed E-state index contributed by atoms with van der Waals surface area (Å²) in [5, 5.41) is 0. The standard InChI is InChI=1S/C16H20N4O3/c1-3-23-16(22)19-10-8-18(9-11-19)15(21)14-12(2)20-7-5-4-6-13(20)17-14/h4-7H,3,8-11H2,1-2H3. The molecule has 0 aromatic carbocycles. The zero-order chi connectivity index (χ0) is 16.4. The van der Waals surface area contributed by atoms with Gasteiger partial charge in [-0.15, -0.1) is 0 Å². The summed E-state index contributed by atoms with van der Waals surface area (Å²) >= 11 is 0. The van der Waals surface area contributed by atoms with E-state index in [4.69, 9.17) is 4.74 Å². The highest BCUT2D eigenvalue weighted by atomic mass is 16.6. The largest absolute Gasteiger partial charge is 0.450 e. The van der Waals surface area contributed by atoms with Crippen molar-refractivity contribution in [2.24, 2.45) is 0 Å². The van der Waals surface area contributed by atoms with Crippen LogP contribution in [0.4, 0.5) is 4.79 Å². The molecule has 2 aromatic rings. The molecule has 0 N–H and O–H groups in total. The number of aromatic nitrogens is 2. The summed E-state index contributed by atoms with van der Waals surface area (Å²) in [5.74, 6) is -0.0882. The molecule has 0 bridgehead atoms. The Hall–Kier alpha value is -2.57. The van der Waals surface area contributed by atoms with Crippen LogP contribution in [0.3, 0.4) is 0 Å². The fourth-order valence-corrected chi connectivity index (χ4v) is 2.78. The van der Waals surface area contributed by atoms with Gasteiger partial charge in [0, 0.05) is 32.4 Å². The predicted octanol–water partition coefficient (Wildman–Crippen LogP) is 1.56. The molecule has 1 fully saturated rings. The van der Waals surface area contributed by atoms with Crippen LogP contribution in [0, 0.1) is 6.92 Å². The topological polar surface area (TPSA) is 67.2 Å². The Labute approximate surface area is 134 Å². The van der Waals surface area contributed by atoms with Crippen molar-refractivity contribution in [1.29, 1.82) is 0 Å². The van der Waals surface area contributed by atoms with Gasteiger partial charge in [0.1, 0.15) is 11.3 Å². The first kappa shape index (κ1) is 15.3. The van der Waals surface area contributed by atoms with Crippen LogP contribution < -0.4 is 0 Å². The van der Waals surface area contributed by atoms with Crippen LogP contribution in [0.1, 0.15) is 23.1 Å². The molecule has 0 spiro atoms. The Kier molecular flexibility index (Phi) is 4.18. The molecular formula is C16H20N4O3. The smallest absolute Gasteiger partial charge is 0.409 e. The fraction of sp³-hybridized carbons (Fsp3) is 0.438. The monoisotopic (exact) mass is 316 g/mol. The van der Waals surface area contributed by atoms with Gasteiger partial charge in [0.15, 0.2) is 0 Å². The minimum absolute atomic E-state index is 0.0882. The number of ether oxygens (including phenoxy) is 1. The molecule has 7 heteroatoms. The number of rotatable bonds is 2. The SMILES string of the molecule is CCOC(=O)N1CCN(C(=O)c2nc3ccccn3c2C)CC1. The minimum atomic E-state index is -0.316. The molecule has 0 atom stereocenters. The summed E-state index contributed by atoms with van der Waals surface area (Å²) < 4.78 is 6.89. The average molecular weight is 316 g/mol. The molecule has 1 saturated heterocycles. The molecule has 2 amide bonds. The molecule has 23 heavy (non-hydrogen) atoms. The number of imidazole rings is 1. The number of aryl methyl sites for hydroxylation is 1. The van der Waals surface area contributed by atoms with Crippen molar-refractivity contribution in [3.8, 4) is 0 Å². The highest BCUT2D eigenvalue weighted by Gasteiger charge is 2.27. The number of fused-ring (bicyclic) bond motifs is 1. The lowest BCUT2D eigenvalue weighted by molar-refractivity contribution is 0.0566. The van der Waals surface area contributed by atoms with Gasteiger partial charge in [-0.1, -0.05) is 6.07 Å². The van der Waals surface area contributed by atoms with Gasteiger partial charge in [0.05, 0.1) is 12.3 Å². The Morgan fingerprint density at radius 2 is 1.87 bits per heavy atom. The number of hydrogen-bond acceptors (Lipinski definition) is 4. The first-order valence-electron chi connectivity index (χ1n) is 7.76. The maximum absolute atomic E-state index is 12.7. The van der Waals surface area contributed by atoms with E-state index >= 15 is 0 Å². The van der Waals surface area contributed by atoms with E-state index in [0.717, 1.165) is 11.3 Å². The molecule has 1 aliphatic rings. The summed E-state index contributed by atoms with van der Waals surface area (Å²) in [5.41, 5.74) is 2.07. The fourth-order valence-electron chi connectivity index (χ4n) is 2.78. The van der Waals surface area contributed by atoms with E-state index in [0.29, 0.717) is 38.5 Å². The van der Waals surface area contributed by atoms with E-state index < -0.39 is 0 Å². The van der Waals surface area contributed by atoms with Gasteiger partial charge in [0.25, 0.3) is 5.91 Å². The molecule has 7 nitrogen and oxygen atoms in total. The van der Waals surface area contributed by atoms with Crippen molar-refractivity contribution in [2.75, 3.05) is 32.8 Å². The van der Waals surface area contributed by atoms with Crippen molar-refractivity contribution in [2.45, 2.75) is 13.8 Å². The van der Waals surface area contributed by atoms with E-state index in [2.05, 4.69) is 4.98 Å². The summed E-state index contributed by atoms with van der Waals surface area (Å²) in [6.45, 7) is 5.98. The van der Waals surface area contributed by atoms with Crippen LogP contribution in [0.5, 0.6) is 0 Å². The van der Waals surface area contributed by atoms with Crippen LogP contribution >= 0.6 is 0 Å². The van der Waals surface area contributed by atoms with E-state index in [9.17, 15) is 9.59 Å². The number of hydrogen-bond donors (Lipinski definition) is 0. The second kappa shape index (κ2) is 6.28. The Balaban J connectivity index is 1.72. The summed E-state index contributed by atoms with van der Waals surface area (Å²) in [6.07, 6.45) is 1.58. The number of nitrogens with zero attached hydrogens (tertiary/aromatic N) is 4. The van der Waals surface area contributed by atoms with Crippen molar-refractivity contribution in [3.05, 3.63) is 35.8 Å². The van der Waals surface area contributed by atoms with E-state index in [1.165, 1.54) is 0 Å². The molecule has 0 aliphatic carbocycles. The average Bonchev–Trinajstić information content (AvgIpc) is 2.92. The first-order chi connectivity index (χ1) is 11.1. The van der Waals surface area contributed by atoms with E-state index in [-0.39, 0.29) is 12.0 Å². The lowest BCUT2D eigenvalue weighted by Gasteiger charge is -2.33. The van der Waals surface area contributed by atoms with Gasteiger partial charge in [-0.3, -0.25) is 4.79 Å². The highest BCUT2D eigenvalue weighted by molar-refractivity contribution is 5.94. The Morgan fingerprint density at radius 1 is 1.17 bits per heavy atom. The third kappa shape index (κ3) is 2.86. The maximum Gasteiger partial charge on any atom is 0.409 e. The van der Waals surface area contributed by atoms with Crippen LogP contribution in [-0.4, -0.2) is 64.0 Å². The number of pyridine rings is 1. The maximum atomic E-state index is 12.7. The number of amides is 2. The molecule has 3 heterocycles. The van der Waals surface area contributed by atoms with Crippen LogP contribution in [0.15, 0.2) is 24.4 Å². The van der Waals surface area contributed by atoms with Crippen LogP contribution in [-0.2, 0) is 4.74 Å². The number of piperazine rings is 1. The zero-order valence-corrected chi connectivity index (χ0v) is 13.4. The minimum Gasteiger partial charge on any atom is -0.450 e. The highest BCUT2D eigenvalue weighted by Crippen LogP contribution is 2.15. The number of carbonyl (C=O) groups is 2. The molecule has 122 valence electrons. The summed E-state index contributed by atoms with van der Waals surface area (Å²) in [4.78, 5) is 32.2. The summed E-state index contributed by atoms with van der Waals surface area (Å²) in [7, 11) is 0. The normalized spacial score (nSPS) is 15.0. The van der Waals surface area contributed by atoms with Gasteiger partial charge in [-0.2, -0.15) is 0 Å². The lowest BCUT2D eigenvalue weighted by atomic mass is 10.2. The molecule has 0 saturated carbocycles. The molecule has 2 aromatic heterocycles. The van der Waals surface area contributed by atoms with Gasteiger partial charge in [0.2, 0.25) is 0 Å². The van der Waals surface area contributed by atoms with Gasteiger partial charge in [-0.25, -0.2) is 9.78 Å². The Morgan fingerprint density at radius 3 is 2.52 bits per heavy atom. The third-order valence-electron chi connectivity index (χ3n) is 4.06. The second-order valence-corrected chi connectivity index (χ2v) is 5.45. The van der Waals surface area contributed by atoms with Crippen LogP contribution in [0.25, 0.3) is 5.65 Å². The van der Waals surface area contributed by atoms with Crippen LogP contribution in [0.2, 0.25) is 0 Å². The van der Waals surface area contributed by atoms with E-state index in [1.54, 1.807) is 16.7 Å². The zero-order valence-electron chi connectivity index (χ0n) is 13.4. The molecular weight excluding hydrogens is 296 g/mol. The van der Waals surface area contributed by atoms with Gasteiger partial charge in [-0.05, 0) is 26.0 Å². The quantitative estimate of drug-likeness (QED) is 0.843. The molecule has 1 aliphatic heterocycles. The van der Waals surface area contributed by atoms with Gasteiger partial charge >= 0.3 is 6.09 Å². The second-order valence-electron chi connectivity index (χ2n) is 5.45. The van der Waals surface area contributed by atoms with Crippen molar-refractivity contribution in [1.82, 2.24) is 19.2 Å². The van der Waals surface area contributed by atoms with Gasteiger partial charge < -0.3 is 18.9 Å².